The van der Waals surface area contributed by atoms with E-state index in [0.717, 1.165) is 0 Å². The van der Waals surface area contributed by atoms with Gasteiger partial charge in [-0.25, -0.2) is 4.79 Å². The van der Waals surface area contributed by atoms with Gasteiger partial charge in [0.2, 0.25) is 4.84 Å². The molecule has 0 bridgehead atoms. The lowest BCUT2D eigenvalue weighted by atomic mass is 10.1. The molecular formula is C6H12Cl2N2O5. The second-order valence-electron chi connectivity index (χ2n) is 2.77. The minimum atomic E-state index is -1.33. The number of nitrogens with one attached hydrogen (secondary N) is 1. The summed E-state index contributed by atoms with van der Waals surface area (Å²) in [6, 6.07) is 0. The molecule has 0 aromatic rings. The molecule has 0 aromatic carbocycles. The Labute approximate surface area is 95.9 Å². The topological polar surface area (TPSA) is 114 Å². The van der Waals surface area contributed by atoms with Crippen LogP contribution in [0.2, 0.25) is 0 Å². The lowest BCUT2D eigenvalue weighted by molar-refractivity contribution is -0.196. The average Bonchev–Trinajstić information content (AvgIpc) is 2.23. The Morgan fingerprint density at radius 3 is 2.40 bits per heavy atom. The van der Waals surface area contributed by atoms with Crippen molar-refractivity contribution in [2.45, 2.75) is 10.4 Å². The Bertz CT molecular complexity index is 200. The minimum absolute atomic E-state index is 0.275. The molecule has 0 rings (SSSR count). The molecule has 0 spiro atoms. The van der Waals surface area contributed by atoms with Crippen molar-refractivity contribution in [2.75, 3.05) is 19.8 Å². The number of hydrogen-bond donors (Lipinski definition) is 4. The first-order valence-corrected chi connectivity index (χ1v) is 4.68. The first-order valence-electron chi connectivity index (χ1n) is 3.81. The van der Waals surface area contributed by atoms with Gasteiger partial charge in [0.15, 0.2) is 0 Å². The Morgan fingerprint density at radius 1 is 1.47 bits per heavy atom. The highest BCUT2D eigenvalue weighted by Gasteiger charge is 2.24. The molecule has 5 N–H and O–H groups in total. The van der Waals surface area contributed by atoms with E-state index in [-0.39, 0.29) is 6.61 Å². The van der Waals surface area contributed by atoms with E-state index in [0.29, 0.717) is 0 Å². The van der Waals surface area contributed by atoms with Gasteiger partial charge in [-0.3, -0.25) is 4.84 Å². The van der Waals surface area contributed by atoms with Gasteiger partial charge < -0.3 is 20.8 Å². The van der Waals surface area contributed by atoms with E-state index in [4.69, 9.17) is 39.1 Å². The van der Waals surface area contributed by atoms with Crippen molar-refractivity contribution >= 4 is 29.2 Å². The molecule has 0 heterocycles. The fourth-order valence-corrected chi connectivity index (χ4v) is 0.519. The lowest BCUT2D eigenvalue weighted by Crippen LogP contribution is -2.52. The van der Waals surface area contributed by atoms with Crippen LogP contribution in [0.1, 0.15) is 0 Å². The fourth-order valence-electron chi connectivity index (χ4n) is 0.430. The molecule has 0 aliphatic carbocycles. The molecule has 0 unspecified atom stereocenters. The van der Waals surface area contributed by atoms with E-state index in [9.17, 15) is 4.79 Å². The number of aliphatic hydroxyl groups is 2. The summed E-state index contributed by atoms with van der Waals surface area (Å²) in [6.45, 7) is -1.26. The maximum Gasteiger partial charge on any atom is 0.360 e. The van der Waals surface area contributed by atoms with Crippen molar-refractivity contribution in [3.8, 4) is 0 Å². The van der Waals surface area contributed by atoms with Crippen molar-refractivity contribution in [1.29, 1.82) is 0 Å². The van der Waals surface area contributed by atoms with Gasteiger partial charge in [0.05, 0.1) is 25.4 Å². The zero-order chi connectivity index (χ0) is 11.9. The van der Waals surface area contributed by atoms with Crippen molar-refractivity contribution in [3.63, 3.8) is 0 Å². The van der Waals surface area contributed by atoms with Gasteiger partial charge in [0.1, 0.15) is 0 Å². The maximum atomic E-state index is 10.6. The van der Waals surface area contributed by atoms with Crippen LogP contribution in [-0.4, -0.2) is 46.4 Å². The first kappa shape index (κ1) is 14.8. The van der Waals surface area contributed by atoms with Crippen molar-refractivity contribution < 1.29 is 24.7 Å². The Morgan fingerprint density at radius 2 is 2.00 bits per heavy atom. The monoisotopic (exact) mass is 262 g/mol. The summed E-state index contributed by atoms with van der Waals surface area (Å²) < 4.78 is 0. The van der Waals surface area contributed by atoms with Crippen LogP contribution in [0, 0.1) is 0 Å². The summed E-state index contributed by atoms with van der Waals surface area (Å²) >= 11 is 10.3. The number of alkyl halides is 2. The number of nitrogens with two attached hydrogens (primary N) is 1. The summed E-state index contributed by atoms with van der Waals surface area (Å²) in [7, 11) is 0. The zero-order valence-corrected chi connectivity index (χ0v) is 9.16. The number of hydrogen-bond acceptors (Lipinski definition) is 7. The number of rotatable bonds is 7. The normalized spacial score (nSPS) is 11.9. The summed E-state index contributed by atoms with van der Waals surface area (Å²) in [5.41, 5.74) is 5.87. The summed E-state index contributed by atoms with van der Waals surface area (Å²) in [4.78, 5) is 18.1. The van der Waals surface area contributed by atoms with Crippen LogP contribution in [0.3, 0.4) is 0 Å². The molecule has 0 atom stereocenters. The van der Waals surface area contributed by atoms with E-state index >= 15 is 0 Å². The number of halogens is 2. The second-order valence-corrected chi connectivity index (χ2v) is 3.87. The molecule has 0 amide bonds. The highest BCUT2D eigenvalue weighted by Crippen LogP contribution is 2.02. The number of carbonyl (C=O) groups excluding carboxylic acids is 1. The van der Waals surface area contributed by atoms with E-state index in [2.05, 4.69) is 9.68 Å². The van der Waals surface area contributed by atoms with Crippen molar-refractivity contribution in [1.82, 2.24) is 5.64 Å². The SMILES string of the molecule is NC(CO)(CO)CONOC(=O)C(Cl)Cl. The fraction of sp³-hybridized carbons (Fsp3) is 0.833. The van der Waals surface area contributed by atoms with Crippen LogP contribution in [0.15, 0.2) is 0 Å². The average molecular weight is 263 g/mol. The third-order valence-electron chi connectivity index (χ3n) is 1.37. The van der Waals surface area contributed by atoms with Crippen molar-refractivity contribution in [2.24, 2.45) is 5.73 Å². The van der Waals surface area contributed by atoms with Crippen LogP contribution in [-0.2, 0) is 14.5 Å². The van der Waals surface area contributed by atoms with E-state index < -0.39 is 29.6 Å². The predicted octanol–water partition coefficient (Wildman–Crippen LogP) is -1.55. The Balaban J connectivity index is 3.66. The molecule has 0 fully saturated rings. The molecule has 0 aliphatic heterocycles. The molecular weight excluding hydrogens is 251 g/mol. The molecule has 0 aromatic heterocycles. The Kier molecular flexibility index (Phi) is 7.11. The van der Waals surface area contributed by atoms with Gasteiger partial charge in [0, 0.05) is 0 Å². The lowest BCUT2D eigenvalue weighted by Gasteiger charge is -2.23. The quantitative estimate of drug-likeness (QED) is 0.250. The largest absolute Gasteiger partial charge is 0.394 e. The minimum Gasteiger partial charge on any atom is -0.394 e. The molecule has 90 valence electrons. The summed E-state index contributed by atoms with van der Waals surface area (Å²) in [5, 5.41) is 17.5. The van der Waals surface area contributed by atoms with Crippen LogP contribution in [0.5, 0.6) is 0 Å². The molecule has 0 saturated heterocycles. The van der Waals surface area contributed by atoms with Gasteiger partial charge >= 0.3 is 5.97 Å². The third-order valence-corrected chi connectivity index (χ3v) is 1.73. The van der Waals surface area contributed by atoms with Gasteiger partial charge in [-0.2, -0.15) is 0 Å². The van der Waals surface area contributed by atoms with Gasteiger partial charge in [-0.15, -0.1) is 0 Å². The maximum absolute atomic E-state index is 10.6. The van der Waals surface area contributed by atoms with Gasteiger partial charge in [-0.05, 0) is 5.64 Å². The Hall–Kier alpha value is -0.150. The van der Waals surface area contributed by atoms with E-state index in [1.165, 1.54) is 0 Å². The molecule has 0 saturated carbocycles. The number of carbonyl (C=O) groups is 1. The molecule has 9 heteroatoms. The molecule has 7 nitrogen and oxygen atoms in total. The first-order chi connectivity index (χ1) is 6.95. The second kappa shape index (κ2) is 7.18. The van der Waals surface area contributed by atoms with E-state index in [1.807, 2.05) is 0 Å². The smallest absolute Gasteiger partial charge is 0.360 e. The predicted molar refractivity (Wildman–Crippen MR) is 51.8 cm³/mol. The van der Waals surface area contributed by atoms with Crippen LogP contribution >= 0.6 is 23.2 Å². The van der Waals surface area contributed by atoms with Gasteiger partial charge in [-0.1, -0.05) is 23.2 Å². The standard InChI is InChI=1S/C6H12Cl2N2O5/c7-4(8)5(13)15-10-14-3-6(9,1-11)2-12/h4,10-12H,1-3,9H2. The molecule has 0 aliphatic rings. The zero-order valence-electron chi connectivity index (χ0n) is 7.65. The molecule has 0 radical (unpaired) electrons. The van der Waals surface area contributed by atoms with Crippen LogP contribution in [0.4, 0.5) is 0 Å². The van der Waals surface area contributed by atoms with Gasteiger partial charge in [0.25, 0.3) is 0 Å². The van der Waals surface area contributed by atoms with Crippen LogP contribution < -0.4 is 11.4 Å². The number of aliphatic hydroxyl groups excluding tert-OH is 2. The van der Waals surface area contributed by atoms with E-state index in [1.54, 1.807) is 5.64 Å². The highest BCUT2D eigenvalue weighted by atomic mass is 35.5. The van der Waals surface area contributed by atoms with Crippen molar-refractivity contribution in [3.05, 3.63) is 0 Å². The summed E-state index contributed by atoms with van der Waals surface area (Å²) in [5.74, 6) is -0.950. The third kappa shape index (κ3) is 6.10. The highest BCUT2D eigenvalue weighted by molar-refractivity contribution is 6.52. The summed E-state index contributed by atoms with van der Waals surface area (Å²) in [6.07, 6.45) is 0. The molecule has 15 heavy (non-hydrogen) atoms. The van der Waals surface area contributed by atoms with Crippen LogP contribution in [0.25, 0.3) is 0 Å².